The molecule has 0 spiro atoms. The normalized spacial score (nSPS) is 13.3. The summed E-state index contributed by atoms with van der Waals surface area (Å²) < 4.78 is 15.5. The van der Waals surface area contributed by atoms with Crippen molar-refractivity contribution in [3.63, 3.8) is 0 Å². The number of benzene rings is 2. The largest absolute Gasteiger partial charge is 0.493 e. The first-order valence-corrected chi connectivity index (χ1v) is 10.3. The number of hydrogen-bond acceptors (Lipinski definition) is 6. The van der Waals surface area contributed by atoms with E-state index in [4.69, 9.17) is 14.2 Å². The molecule has 3 rings (SSSR count). The summed E-state index contributed by atoms with van der Waals surface area (Å²) in [6, 6.07) is 11.7. The SMILES string of the molecule is CCOC(=O)N1CCN(C(=O)c2ccccc2NC(=O)c2ccc(OC)c(OC)c2)CC1. The van der Waals surface area contributed by atoms with Crippen LogP contribution in [0.1, 0.15) is 27.6 Å². The van der Waals surface area contributed by atoms with Gasteiger partial charge >= 0.3 is 6.09 Å². The maximum atomic E-state index is 13.1. The molecule has 0 atom stereocenters. The molecule has 1 aliphatic heterocycles. The van der Waals surface area contributed by atoms with Crippen molar-refractivity contribution in [1.29, 1.82) is 0 Å². The van der Waals surface area contributed by atoms with Gasteiger partial charge in [0, 0.05) is 31.7 Å². The Bertz CT molecular complexity index is 985. The van der Waals surface area contributed by atoms with Crippen molar-refractivity contribution in [3.05, 3.63) is 53.6 Å². The van der Waals surface area contributed by atoms with Crippen LogP contribution in [-0.2, 0) is 4.74 Å². The molecule has 9 heteroatoms. The number of anilines is 1. The van der Waals surface area contributed by atoms with Gasteiger partial charge in [-0.25, -0.2) is 4.79 Å². The van der Waals surface area contributed by atoms with Crippen LogP contribution in [-0.4, -0.2) is 74.7 Å². The van der Waals surface area contributed by atoms with E-state index < -0.39 is 0 Å². The third-order valence-corrected chi connectivity index (χ3v) is 5.14. The molecule has 1 aliphatic rings. The minimum absolute atomic E-state index is 0.211. The number of nitrogens with one attached hydrogen (secondary N) is 1. The second-order valence-electron chi connectivity index (χ2n) is 7.05. The number of para-hydroxylation sites is 1. The quantitative estimate of drug-likeness (QED) is 0.740. The van der Waals surface area contributed by atoms with Crippen molar-refractivity contribution in [1.82, 2.24) is 9.80 Å². The highest BCUT2D eigenvalue weighted by Gasteiger charge is 2.27. The summed E-state index contributed by atoms with van der Waals surface area (Å²) in [6.45, 7) is 3.62. The van der Waals surface area contributed by atoms with Crippen molar-refractivity contribution in [2.75, 3.05) is 52.3 Å². The highest BCUT2D eigenvalue weighted by molar-refractivity contribution is 6.09. The molecule has 1 heterocycles. The van der Waals surface area contributed by atoms with Gasteiger partial charge in [-0.2, -0.15) is 0 Å². The van der Waals surface area contributed by atoms with Gasteiger partial charge in [-0.3, -0.25) is 9.59 Å². The molecule has 32 heavy (non-hydrogen) atoms. The van der Waals surface area contributed by atoms with Crippen LogP contribution in [0.25, 0.3) is 0 Å². The third kappa shape index (κ3) is 5.11. The molecule has 1 saturated heterocycles. The average Bonchev–Trinajstić information content (AvgIpc) is 2.83. The van der Waals surface area contributed by atoms with Gasteiger partial charge in [0.05, 0.1) is 32.1 Å². The van der Waals surface area contributed by atoms with Gasteiger partial charge in [0.25, 0.3) is 11.8 Å². The van der Waals surface area contributed by atoms with Gasteiger partial charge in [-0.1, -0.05) is 12.1 Å². The fraction of sp³-hybridized carbons (Fsp3) is 0.348. The smallest absolute Gasteiger partial charge is 0.409 e. The van der Waals surface area contributed by atoms with Gasteiger partial charge in [-0.05, 0) is 37.3 Å². The van der Waals surface area contributed by atoms with Crippen molar-refractivity contribution in [3.8, 4) is 11.5 Å². The van der Waals surface area contributed by atoms with E-state index in [2.05, 4.69) is 5.32 Å². The molecule has 0 aliphatic carbocycles. The first-order chi connectivity index (χ1) is 15.5. The van der Waals surface area contributed by atoms with E-state index in [0.29, 0.717) is 61.1 Å². The van der Waals surface area contributed by atoms with E-state index in [1.165, 1.54) is 14.2 Å². The van der Waals surface area contributed by atoms with Gasteiger partial charge in [-0.15, -0.1) is 0 Å². The van der Waals surface area contributed by atoms with Crippen molar-refractivity contribution in [2.45, 2.75) is 6.92 Å². The molecule has 3 amide bonds. The second-order valence-corrected chi connectivity index (χ2v) is 7.05. The maximum absolute atomic E-state index is 13.1. The molecule has 0 bridgehead atoms. The molecular weight excluding hydrogens is 414 g/mol. The highest BCUT2D eigenvalue weighted by atomic mass is 16.6. The van der Waals surface area contributed by atoms with Crippen LogP contribution >= 0.6 is 0 Å². The summed E-state index contributed by atoms with van der Waals surface area (Å²) in [7, 11) is 3.02. The number of carbonyl (C=O) groups is 3. The van der Waals surface area contributed by atoms with Gasteiger partial charge in [0.2, 0.25) is 0 Å². The predicted octanol–water partition coefficient (Wildman–Crippen LogP) is 2.87. The van der Waals surface area contributed by atoms with E-state index in [-0.39, 0.29) is 17.9 Å². The molecule has 0 aromatic heterocycles. The number of carbonyl (C=O) groups excluding carboxylic acids is 3. The highest BCUT2D eigenvalue weighted by Crippen LogP contribution is 2.28. The zero-order chi connectivity index (χ0) is 23.1. The molecule has 0 radical (unpaired) electrons. The van der Waals surface area contributed by atoms with E-state index >= 15 is 0 Å². The minimum atomic E-state index is -0.377. The third-order valence-electron chi connectivity index (χ3n) is 5.14. The van der Waals surface area contributed by atoms with E-state index in [1.54, 1.807) is 59.2 Å². The predicted molar refractivity (Wildman–Crippen MR) is 118 cm³/mol. The van der Waals surface area contributed by atoms with Gasteiger partial charge in [0.15, 0.2) is 11.5 Å². The summed E-state index contributed by atoms with van der Waals surface area (Å²) in [4.78, 5) is 41.1. The summed E-state index contributed by atoms with van der Waals surface area (Å²) in [6.07, 6.45) is -0.373. The monoisotopic (exact) mass is 441 g/mol. The Hall–Kier alpha value is -3.75. The second kappa shape index (κ2) is 10.5. The van der Waals surface area contributed by atoms with Crippen LogP contribution in [0.4, 0.5) is 10.5 Å². The van der Waals surface area contributed by atoms with Crippen molar-refractivity contribution < 1.29 is 28.6 Å². The Labute approximate surface area is 186 Å². The molecule has 2 aromatic rings. The number of rotatable bonds is 6. The molecule has 0 unspecified atom stereocenters. The number of ether oxygens (including phenoxy) is 3. The Morgan fingerprint density at radius 1 is 0.906 bits per heavy atom. The standard InChI is InChI=1S/C23H27N3O6/c1-4-32-23(29)26-13-11-25(12-14-26)22(28)17-7-5-6-8-18(17)24-21(27)16-9-10-19(30-2)20(15-16)31-3/h5-10,15H,4,11-14H2,1-3H3,(H,24,27). The van der Waals surface area contributed by atoms with E-state index in [1.807, 2.05) is 0 Å². The van der Waals surface area contributed by atoms with Crippen molar-refractivity contribution >= 4 is 23.6 Å². The first kappa shape index (κ1) is 22.9. The van der Waals surface area contributed by atoms with E-state index in [0.717, 1.165) is 0 Å². The number of nitrogens with zero attached hydrogens (tertiary/aromatic N) is 2. The van der Waals surface area contributed by atoms with Crippen LogP contribution < -0.4 is 14.8 Å². The number of piperazine rings is 1. The zero-order valence-corrected chi connectivity index (χ0v) is 18.4. The fourth-order valence-corrected chi connectivity index (χ4v) is 3.43. The van der Waals surface area contributed by atoms with Crippen molar-refractivity contribution in [2.24, 2.45) is 0 Å². The average molecular weight is 441 g/mol. The Morgan fingerprint density at radius 3 is 2.22 bits per heavy atom. The lowest BCUT2D eigenvalue weighted by molar-refractivity contribution is 0.0571. The topological polar surface area (TPSA) is 97.4 Å². The van der Waals surface area contributed by atoms with Crippen LogP contribution in [0.5, 0.6) is 11.5 Å². The van der Waals surface area contributed by atoms with Crippen LogP contribution in [0, 0.1) is 0 Å². The number of amides is 3. The minimum Gasteiger partial charge on any atom is -0.493 e. The Morgan fingerprint density at radius 2 is 1.56 bits per heavy atom. The molecule has 2 aromatic carbocycles. The molecule has 170 valence electrons. The lowest BCUT2D eigenvalue weighted by Gasteiger charge is -2.34. The summed E-state index contributed by atoms with van der Waals surface area (Å²) in [5, 5.41) is 2.81. The summed E-state index contributed by atoms with van der Waals surface area (Å²) >= 11 is 0. The van der Waals surface area contributed by atoms with Gasteiger partial charge < -0.3 is 29.3 Å². The zero-order valence-electron chi connectivity index (χ0n) is 18.4. The fourth-order valence-electron chi connectivity index (χ4n) is 3.43. The molecular formula is C23H27N3O6. The molecule has 0 saturated carbocycles. The molecule has 1 N–H and O–H groups in total. The Kier molecular flexibility index (Phi) is 7.54. The molecule has 9 nitrogen and oxygen atoms in total. The maximum Gasteiger partial charge on any atom is 0.409 e. The molecule has 1 fully saturated rings. The Balaban J connectivity index is 1.72. The van der Waals surface area contributed by atoms with E-state index in [9.17, 15) is 14.4 Å². The van der Waals surface area contributed by atoms with Crippen LogP contribution in [0.2, 0.25) is 0 Å². The first-order valence-electron chi connectivity index (χ1n) is 10.3. The van der Waals surface area contributed by atoms with Crippen LogP contribution in [0.3, 0.4) is 0 Å². The summed E-state index contributed by atoms with van der Waals surface area (Å²) in [5.74, 6) is 0.362. The lowest BCUT2D eigenvalue weighted by atomic mass is 10.1. The lowest BCUT2D eigenvalue weighted by Crippen LogP contribution is -2.50. The van der Waals surface area contributed by atoms with Gasteiger partial charge in [0.1, 0.15) is 0 Å². The number of methoxy groups -OCH3 is 2. The van der Waals surface area contributed by atoms with Crippen LogP contribution in [0.15, 0.2) is 42.5 Å². The summed E-state index contributed by atoms with van der Waals surface area (Å²) in [5.41, 5.74) is 1.16. The number of hydrogen-bond donors (Lipinski definition) is 1.